The Bertz CT molecular complexity index is 556. The van der Waals surface area contributed by atoms with Crippen LogP contribution in [-0.4, -0.2) is 55.8 Å². The van der Waals surface area contributed by atoms with E-state index < -0.39 is 11.9 Å². The molecule has 0 saturated carbocycles. The van der Waals surface area contributed by atoms with Gasteiger partial charge >= 0.3 is 5.97 Å². The molecule has 7 heteroatoms. The second kappa shape index (κ2) is 7.92. The van der Waals surface area contributed by atoms with Crippen LogP contribution >= 0.6 is 0 Å². The van der Waals surface area contributed by atoms with Gasteiger partial charge in [-0.1, -0.05) is 0 Å². The topological polar surface area (TPSA) is 91.8 Å². The van der Waals surface area contributed by atoms with Crippen molar-refractivity contribution in [1.29, 1.82) is 0 Å². The number of pyridine rings is 1. The summed E-state index contributed by atoms with van der Waals surface area (Å²) in [6.45, 7) is 1.27. The predicted molar refractivity (Wildman–Crippen MR) is 85.6 cm³/mol. The molecular formula is C16H23N3O4. The molecule has 7 nitrogen and oxygen atoms in total. The van der Waals surface area contributed by atoms with Gasteiger partial charge in [-0.05, 0) is 30.9 Å². The van der Waals surface area contributed by atoms with Crippen LogP contribution in [0.4, 0.5) is 5.82 Å². The minimum Gasteiger partial charge on any atom is -0.481 e. The minimum atomic E-state index is -0.879. The molecule has 1 aliphatic heterocycles. The lowest BCUT2D eigenvalue weighted by Gasteiger charge is -2.27. The van der Waals surface area contributed by atoms with Gasteiger partial charge in [0.05, 0.1) is 11.5 Å². The van der Waals surface area contributed by atoms with Crippen LogP contribution in [0, 0.1) is 11.8 Å². The smallest absolute Gasteiger partial charge is 0.308 e. The van der Waals surface area contributed by atoms with Crippen LogP contribution in [-0.2, 0) is 9.53 Å². The fourth-order valence-corrected chi connectivity index (χ4v) is 2.80. The molecule has 2 rings (SSSR count). The maximum absolute atomic E-state index is 12.4. The largest absolute Gasteiger partial charge is 0.481 e. The van der Waals surface area contributed by atoms with Crippen LogP contribution in [0.3, 0.4) is 0 Å². The standard InChI is InChI=1S/C16H23N3O4/c1-19(2)14-12(4-3-7-17-14)15(20)18-10-13(16(21)22)11-5-8-23-9-6-11/h3-4,7,11,13H,5-6,8-10H2,1-2H3,(H,18,20)(H,21,22). The summed E-state index contributed by atoms with van der Waals surface area (Å²) < 4.78 is 5.27. The third-order valence-electron chi connectivity index (χ3n) is 4.09. The van der Waals surface area contributed by atoms with Gasteiger partial charge in [0.2, 0.25) is 0 Å². The first kappa shape index (κ1) is 17.2. The van der Waals surface area contributed by atoms with E-state index in [0.29, 0.717) is 37.4 Å². The molecule has 0 aromatic carbocycles. The van der Waals surface area contributed by atoms with Gasteiger partial charge in [-0.3, -0.25) is 9.59 Å². The zero-order valence-electron chi connectivity index (χ0n) is 13.5. The van der Waals surface area contributed by atoms with Crippen molar-refractivity contribution in [2.45, 2.75) is 12.8 Å². The average Bonchev–Trinajstić information content (AvgIpc) is 2.55. The number of ether oxygens (including phenoxy) is 1. The van der Waals surface area contributed by atoms with Gasteiger partial charge in [0.1, 0.15) is 5.82 Å². The highest BCUT2D eigenvalue weighted by Crippen LogP contribution is 2.24. The first-order valence-corrected chi connectivity index (χ1v) is 7.71. The Morgan fingerprint density at radius 2 is 2.13 bits per heavy atom. The first-order chi connectivity index (χ1) is 11.0. The van der Waals surface area contributed by atoms with E-state index in [9.17, 15) is 14.7 Å². The minimum absolute atomic E-state index is 0.0313. The molecule has 1 atom stereocenters. The highest BCUT2D eigenvalue weighted by Gasteiger charge is 2.30. The molecule has 2 N–H and O–H groups in total. The number of nitrogens with one attached hydrogen (secondary N) is 1. The van der Waals surface area contributed by atoms with Crippen molar-refractivity contribution < 1.29 is 19.4 Å². The third kappa shape index (κ3) is 4.41. The van der Waals surface area contributed by atoms with Gasteiger partial charge in [0.15, 0.2) is 0 Å². The van der Waals surface area contributed by atoms with E-state index in [2.05, 4.69) is 10.3 Å². The monoisotopic (exact) mass is 321 g/mol. The molecule has 1 fully saturated rings. The highest BCUT2D eigenvalue weighted by molar-refractivity contribution is 5.99. The second-order valence-electron chi connectivity index (χ2n) is 5.87. The van der Waals surface area contributed by atoms with E-state index in [1.807, 2.05) is 0 Å². The van der Waals surface area contributed by atoms with Gasteiger partial charge in [0, 0.05) is 40.1 Å². The summed E-state index contributed by atoms with van der Waals surface area (Å²) in [6, 6.07) is 3.37. The number of nitrogens with zero attached hydrogens (tertiary/aromatic N) is 2. The molecular weight excluding hydrogens is 298 g/mol. The van der Waals surface area contributed by atoms with Gasteiger partial charge in [-0.15, -0.1) is 0 Å². The van der Waals surface area contributed by atoms with E-state index in [1.165, 1.54) is 0 Å². The predicted octanol–water partition coefficient (Wildman–Crippen LogP) is 1.00. The van der Waals surface area contributed by atoms with Crippen LogP contribution in [0.25, 0.3) is 0 Å². The molecule has 0 bridgehead atoms. The Balaban J connectivity index is 2.03. The van der Waals surface area contributed by atoms with Crippen molar-refractivity contribution >= 4 is 17.7 Å². The number of rotatable bonds is 6. The number of carboxylic acids is 1. The fourth-order valence-electron chi connectivity index (χ4n) is 2.80. The Hall–Kier alpha value is -2.15. The maximum Gasteiger partial charge on any atom is 0.308 e. The third-order valence-corrected chi connectivity index (χ3v) is 4.09. The maximum atomic E-state index is 12.4. The second-order valence-corrected chi connectivity index (χ2v) is 5.87. The average molecular weight is 321 g/mol. The van der Waals surface area contributed by atoms with Crippen molar-refractivity contribution in [1.82, 2.24) is 10.3 Å². The molecule has 1 saturated heterocycles. The molecule has 0 spiro atoms. The van der Waals surface area contributed by atoms with E-state index in [1.54, 1.807) is 37.3 Å². The van der Waals surface area contributed by atoms with Crippen molar-refractivity contribution in [2.75, 3.05) is 38.8 Å². The normalized spacial score (nSPS) is 16.6. The van der Waals surface area contributed by atoms with E-state index in [0.717, 1.165) is 0 Å². The molecule has 126 valence electrons. The van der Waals surface area contributed by atoms with Crippen molar-refractivity contribution in [3.8, 4) is 0 Å². The number of aliphatic carboxylic acids is 1. The number of carboxylic acid groups (broad SMARTS) is 1. The van der Waals surface area contributed by atoms with Gasteiger partial charge in [-0.2, -0.15) is 0 Å². The summed E-state index contributed by atoms with van der Waals surface area (Å²) in [5, 5.41) is 12.2. The number of hydrogen-bond acceptors (Lipinski definition) is 5. The van der Waals surface area contributed by atoms with E-state index in [-0.39, 0.29) is 18.4 Å². The number of hydrogen-bond donors (Lipinski definition) is 2. The lowest BCUT2D eigenvalue weighted by molar-refractivity contribution is -0.144. The Labute approximate surface area is 135 Å². The summed E-state index contributed by atoms with van der Waals surface area (Å²) in [5.41, 5.74) is 0.439. The summed E-state index contributed by atoms with van der Waals surface area (Å²) in [7, 11) is 3.61. The molecule has 1 aromatic heterocycles. The zero-order chi connectivity index (χ0) is 16.8. The Kier molecular flexibility index (Phi) is 5.92. The SMILES string of the molecule is CN(C)c1ncccc1C(=O)NCC(C(=O)O)C1CCOCC1. The fraction of sp³-hybridized carbons (Fsp3) is 0.562. The molecule has 2 heterocycles. The number of anilines is 1. The number of aromatic nitrogens is 1. The molecule has 23 heavy (non-hydrogen) atoms. The van der Waals surface area contributed by atoms with Gasteiger partial charge < -0.3 is 20.1 Å². The molecule has 1 amide bonds. The number of carbonyl (C=O) groups is 2. The number of amides is 1. The zero-order valence-corrected chi connectivity index (χ0v) is 13.5. The lowest BCUT2D eigenvalue weighted by Crippen LogP contribution is -2.39. The molecule has 1 aromatic rings. The summed E-state index contributed by atoms with van der Waals surface area (Å²) in [4.78, 5) is 29.8. The van der Waals surface area contributed by atoms with E-state index >= 15 is 0 Å². The van der Waals surface area contributed by atoms with Crippen LogP contribution < -0.4 is 10.2 Å². The lowest BCUT2D eigenvalue weighted by atomic mass is 9.86. The summed E-state index contributed by atoms with van der Waals surface area (Å²) in [6.07, 6.45) is 3.04. The quantitative estimate of drug-likeness (QED) is 0.812. The van der Waals surface area contributed by atoms with Crippen LogP contribution in [0.15, 0.2) is 18.3 Å². The van der Waals surface area contributed by atoms with Crippen LogP contribution in [0.5, 0.6) is 0 Å². The summed E-state index contributed by atoms with van der Waals surface area (Å²) >= 11 is 0. The highest BCUT2D eigenvalue weighted by atomic mass is 16.5. The van der Waals surface area contributed by atoms with E-state index in [4.69, 9.17) is 4.74 Å². The Morgan fingerprint density at radius 1 is 1.43 bits per heavy atom. The first-order valence-electron chi connectivity index (χ1n) is 7.71. The molecule has 0 radical (unpaired) electrons. The summed E-state index contributed by atoms with van der Waals surface area (Å²) in [5.74, 6) is -1.19. The van der Waals surface area contributed by atoms with Crippen molar-refractivity contribution in [2.24, 2.45) is 11.8 Å². The Morgan fingerprint density at radius 3 is 2.74 bits per heavy atom. The van der Waals surface area contributed by atoms with Crippen molar-refractivity contribution in [3.63, 3.8) is 0 Å². The van der Waals surface area contributed by atoms with Gasteiger partial charge in [0.25, 0.3) is 5.91 Å². The molecule has 1 aliphatic rings. The molecule has 0 aliphatic carbocycles. The van der Waals surface area contributed by atoms with Crippen LogP contribution in [0.2, 0.25) is 0 Å². The number of carbonyl (C=O) groups excluding carboxylic acids is 1. The van der Waals surface area contributed by atoms with Crippen LogP contribution in [0.1, 0.15) is 23.2 Å². The van der Waals surface area contributed by atoms with Crippen molar-refractivity contribution in [3.05, 3.63) is 23.9 Å². The van der Waals surface area contributed by atoms with Gasteiger partial charge in [-0.25, -0.2) is 4.98 Å². The molecule has 1 unspecified atom stereocenters.